The Kier molecular flexibility index (Phi) is 6.71. The Bertz CT molecular complexity index is 1200. The predicted octanol–water partition coefficient (Wildman–Crippen LogP) is 4.61. The molecule has 4 aromatic rings. The number of aromatic nitrogens is 3. The van der Waals surface area contributed by atoms with Crippen LogP contribution in [-0.2, 0) is 6.42 Å². The molecule has 6 nitrogen and oxygen atoms in total. The van der Waals surface area contributed by atoms with Gasteiger partial charge in [0.2, 0.25) is 0 Å². The summed E-state index contributed by atoms with van der Waals surface area (Å²) in [5.41, 5.74) is 6.41. The van der Waals surface area contributed by atoms with Gasteiger partial charge in [0.15, 0.2) is 0 Å². The molecular weight excluding hydrogens is 428 g/mol. The molecule has 0 radical (unpaired) electrons. The van der Waals surface area contributed by atoms with Gasteiger partial charge in [-0.25, -0.2) is 0 Å². The quantitative estimate of drug-likeness (QED) is 0.432. The zero-order valence-corrected chi connectivity index (χ0v) is 18.9. The molecule has 1 N–H and O–H groups in total. The molecule has 160 valence electrons. The lowest BCUT2D eigenvalue weighted by Crippen LogP contribution is -2.46. The molecule has 1 saturated heterocycles. The normalized spacial score (nSPS) is 14.6. The minimum Gasteiger partial charge on any atom is -0.369 e. The third-order valence-corrected chi connectivity index (χ3v) is 6.60. The third-order valence-electron chi connectivity index (χ3n) is 6.04. The number of nitriles is 1. The molecule has 2 aromatic heterocycles. The van der Waals surface area contributed by atoms with E-state index in [2.05, 4.69) is 54.0 Å². The van der Waals surface area contributed by atoms with Crippen LogP contribution in [0.2, 0.25) is 0 Å². The molecule has 0 amide bonds. The fourth-order valence-corrected chi connectivity index (χ4v) is 4.82. The first kappa shape index (κ1) is 21.6. The largest absolute Gasteiger partial charge is 0.369 e. The Morgan fingerprint density at radius 3 is 2.68 bits per heavy atom. The summed E-state index contributed by atoms with van der Waals surface area (Å²) in [4.78, 5) is 8.35. The highest BCUT2D eigenvalue weighted by Gasteiger charge is 2.17. The van der Waals surface area contributed by atoms with Crippen molar-refractivity contribution in [2.75, 3.05) is 37.6 Å². The fourth-order valence-electron chi connectivity index (χ4n) is 4.30. The van der Waals surface area contributed by atoms with Crippen LogP contribution in [0.5, 0.6) is 0 Å². The predicted molar refractivity (Wildman–Crippen MR) is 129 cm³/mol. The van der Waals surface area contributed by atoms with Gasteiger partial charge < -0.3 is 9.88 Å². The highest BCUT2D eigenvalue weighted by atomic mass is 35.5. The second-order valence-electron chi connectivity index (χ2n) is 7.91. The molecule has 0 spiro atoms. The van der Waals surface area contributed by atoms with Crippen molar-refractivity contribution in [1.29, 1.82) is 5.26 Å². The number of rotatable bonds is 6. The van der Waals surface area contributed by atoms with E-state index >= 15 is 0 Å². The van der Waals surface area contributed by atoms with Gasteiger partial charge in [-0.2, -0.15) is 14.0 Å². The van der Waals surface area contributed by atoms with Crippen molar-refractivity contribution in [3.05, 3.63) is 53.7 Å². The topological polar surface area (TPSA) is 71.8 Å². The average molecular weight is 453 g/mol. The smallest absolute Gasteiger partial charge is 0.106 e. The Morgan fingerprint density at radius 2 is 1.84 bits per heavy atom. The van der Waals surface area contributed by atoms with Crippen molar-refractivity contribution in [2.24, 2.45) is 0 Å². The fraction of sp³-hybridized carbons (Fsp3) is 0.348. The first-order chi connectivity index (χ1) is 14.8. The number of nitrogens with zero attached hydrogens (tertiary/aromatic N) is 5. The zero-order chi connectivity index (χ0) is 20.3. The van der Waals surface area contributed by atoms with E-state index in [1.165, 1.54) is 34.8 Å². The lowest BCUT2D eigenvalue weighted by molar-refractivity contribution is 0.253. The van der Waals surface area contributed by atoms with E-state index in [-0.39, 0.29) is 12.4 Å². The minimum atomic E-state index is 0. The highest BCUT2D eigenvalue weighted by Crippen LogP contribution is 2.23. The van der Waals surface area contributed by atoms with Crippen LogP contribution in [0.15, 0.2) is 42.6 Å². The van der Waals surface area contributed by atoms with Gasteiger partial charge in [-0.15, -0.1) is 12.4 Å². The number of hydrogen-bond acceptors (Lipinski definition) is 6. The molecule has 1 aliphatic rings. The summed E-state index contributed by atoms with van der Waals surface area (Å²) in [7, 11) is 0. The van der Waals surface area contributed by atoms with E-state index in [4.69, 9.17) is 5.26 Å². The van der Waals surface area contributed by atoms with Gasteiger partial charge in [-0.05, 0) is 67.8 Å². The Morgan fingerprint density at radius 1 is 1.00 bits per heavy atom. The molecule has 1 aliphatic heterocycles. The second kappa shape index (κ2) is 9.65. The lowest BCUT2D eigenvalue weighted by Gasteiger charge is -2.36. The summed E-state index contributed by atoms with van der Waals surface area (Å²) in [6, 6.07) is 14.5. The van der Waals surface area contributed by atoms with Crippen LogP contribution in [-0.4, -0.2) is 51.4 Å². The van der Waals surface area contributed by atoms with Crippen LogP contribution < -0.4 is 4.90 Å². The standard InChI is InChI=1S/C23H24N6S.ClH/c24-15-17-4-6-21-20(13-17)18(16-25-21)3-1-2-8-28-9-11-29(12-10-28)19-5-7-22-23(14-19)27-30-26-22;/h4-7,13-14,16,25H,1-3,8-12H2;1H. The van der Waals surface area contributed by atoms with Crippen molar-refractivity contribution >= 4 is 51.8 Å². The van der Waals surface area contributed by atoms with Crippen molar-refractivity contribution in [1.82, 2.24) is 18.6 Å². The number of aromatic amines is 1. The van der Waals surface area contributed by atoms with Gasteiger partial charge >= 0.3 is 0 Å². The molecule has 0 atom stereocenters. The number of aryl methyl sites for hydroxylation is 1. The number of piperazine rings is 1. The molecule has 5 rings (SSSR count). The summed E-state index contributed by atoms with van der Waals surface area (Å²) in [6.45, 7) is 5.47. The first-order valence-corrected chi connectivity index (χ1v) is 11.2. The van der Waals surface area contributed by atoms with Crippen LogP contribution >= 0.6 is 24.1 Å². The summed E-state index contributed by atoms with van der Waals surface area (Å²) in [6.07, 6.45) is 5.51. The van der Waals surface area contributed by atoms with Crippen molar-refractivity contribution < 1.29 is 0 Å². The molecular formula is C23H25ClN6S. The third kappa shape index (κ3) is 4.67. The van der Waals surface area contributed by atoms with E-state index in [1.54, 1.807) is 0 Å². The average Bonchev–Trinajstić information content (AvgIpc) is 3.43. The number of nitrogens with one attached hydrogen (secondary N) is 1. The maximum Gasteiger partial charge on any atom is 0.106 e. The summed E-state index contributed by atoms with van der Waals surface area (Å²) in [5, 5.41) is 10.3. The van der Waals surface area contributed by atoms with E-state index in [0.29, 0.717) is 0 Å². The van der Waals surface area contributed by atoms with E-state index < -0.39 is 0 Å². The molecule has 0 saturated carbocycles. The summed E-state index contributed by atoms with van der Waals surface area (Å²) in [5.74, 6) is 0. The van der Waals surface area contributed by atoms with Crippen LogP contribution in [0.4, 0.5) is 5.69 Å². The van der Waals surface area contributed by atoms with Gasteiger partial charge in [0.25, 0.3) is 0 Å². The molecule has 2 aromatic carbocycles. The molecule has 31 heavy (non-hydrogen) atoms. The molecule has 0 bridgehead atoms. The molecule has 0 unspecified atom stereocenters. The van der Waals surface area contributed by atoms with Crippen LogP contribution in [0.25, 0.3) is 21.9 Å². The number of hydrogen-bond donors (Lipinski definition) is 1. The summed E-state index contributed by atoms with van der Waals surface area (Å²) < 4.78 is 8.65. The highest BCUT2D eigenvalue weighted by molar-refractivity contribution is 7.00. The van der Waals surface area contributed by atoms with Gasteiger partial charge in [-0.3, -0.25) is 4.90 Å². The van der Waals surface area contributed by atoms with Gasteiger partial charge in [0, 0.05) is 49.0 Å². The van der Waals surface area contributed by atoms with E-state index in [0.717, 1.165) is 67.7 Å². The minimum absolute atomic E-state index is 0. The number of halogens is 1. The number of anilines is 1. The number of fused-ring (bicyclic) bond motifs is 2. The van der Waals surface area contributed by atoms with E-state index in [9.17, 15) is 0 Å². The van der Waals surface area contributed by atoms with Crippen molar-refractivity contribution in [3.8, 4) is 6.07 Å². The van der Waals surface area contributed by atoms with Gasteiger partial charge in [-0.1, -0.05) is 0 Å². The van der Waals surface area contributed by atoms with Crippen molar-refractivity contribution in [2.45, 2.75) is 19.3 Å². The SMILES string of the molecule is Cl.N#Cc1ccc2[nH]cc(CCCCN3CCN(c4ccc5nsnc5c4)CC3)c2c1. The zero-order valence-electron chi connectivity index (χ0n) is 17.3. The van der Waals surface area contributed by atoms with Crippen LogP contribution in [0.1, 0.15) is 24.0 Å². The Hall–Kier alpha value is -2.66. The maximum absolute atomic E-state index is 9.14. The summed E-state index contributed by atoms with van der Waals surface area (Å²) >= 11 is 1.28. The Labute approximate surface area is 192 Å². The maximum atomic E-state index is 9.14. The van der Waals surface area contributed by atoms with Gasteiger partial charge in [0.05, 0.1) is 23.4 Å². The lowest BCUT2D eigenvalue weighted by atomic mass is 10.1. The monoisotopic (exact) mass is 452 g/mol. The van der Waals surface area contributed by atoms with Crippen molar-refractivity contribution in [3.63, 3.8) is 0 Å². The number of unbranched alkanes of at least 4 members (excludes halogenated alkanes) is 1. The Balaban J connectivity index is 0.00000231. The number of H-pyrrole nitrogens is 1. The van der Waals surface area contributed by atoms with E-state index in [1.807, 2.05) is 18.2 Å². The second-order valence-corrected chi connectivity index (χ2v) is 8.44. The van der Waals surface area contributed by atoms with Crippen LogP contribution in [0.3, 0.4) is 0 Å². The molecule has 8 heteroatoms. The number of benzene rings is 2. The molecule has 1 fully saturated rings. The molecule has 0 aliphatic carbocycles. The van der Waals surface area contributed by atoms with Crippen LogP contribution in [0, 0.1) is 11.3 Å². The van der Waals surface area contributed by atoms with Gasteiger partial charge in [0.1, 0.15) is 11.0 Å². The molecule has 3 heterocycles. The first-order valence-electron chi connectivity index (χ1n) is 10.5.